The van der Waals surface area contributed by atoms with Gasteiger partial charge in [-0.3, -0.25) is 0 Å². The Morgan fingerprint density at radius 1 is 1.04 bits per heavy atom. The van der Waals surface area contributed by atoms with Crippen LogP contribution in [0.1, 0.15) is 28.8 Å². The Labute approximate surface area is 143 Å². The molecule has 122 valence electrons. The van der Waals surface area contributed by atoms with Crippen LogP contribution in [0.25, 0.3) is 0 Å². The molecule has 2 aliphatic rings. The molecule has 2 aromatic rings. The lowest BCUT2D eigenvalue weighted by atomic mass is 9.85. The number of fused-ring (bicyclic) bond motifs is 1. The number of ether oxygens (including phenoxy) is 1. The van der Waals surface area contributed by atoms with Crippen molar-refractivity contribution in [3.63, 3.8) is 0 Å². The van der Waals surface area contributed by atoms with E-state index in [1.54, 1.807) is 0 Å². The van der Waals surface area contributed by atoms with Gasteiger partial charge in [0.1, 0.15) is 0 Å². The summed E-state index contributed by atoms with van der Waals surface area (Å²) >= 11 is 1.88. The fraction of sp³-hybridized carbons (Fsp3) is 0.500. The normalized spacial score (nSPS) is 22.9. The maximum absolute atomic E-state index is 6.18. The average molecular weight is 327 g/mol. The highest BCUT2D eigenvalue weighted by molar-refractivity contribution is 7.09. The van der Waals surface area contributed by atoms with Crippen LogP contribution in [0.2, 0.25) is 0 Å². The molecule has 1 atom stereocenters. The van der Waals surface area contributed by atoms with Crippen molar-refractivity contribution in [3.8, 4) is 0 Å². The van der Waals surface area contributed by atoms with E-state index in [9.17, 15) is 0 Å². The monoisotopic (exact) mass is 327 g/mol. The lowest BCUT2D eigenvalue weighted by Crippen LogP contribution is -2.41. The van der Waals surface area contributed by atoms with Crippen LogP contribution >= 0.6 is 11.3 Å². The molecule has 0 N–H and O–H groups in total. The van der Waals surface area contributed by atoms with Crippen LogP contribution in [-0.2, 0) is 24.2 Å². The number of thiophene rings is 1. The number of nitrogens with zero attached hydrogens (tertiary/aromatic N) is 1. The first-order valence-electron chi connectivity index (χ1n) is 8.81. The molecule has 3 heteroatoms. The van der Waals surface area contributed by atoms with E-state index in [-0.39, 0.29) is 0 Å². The molecule has 0 radical (unpaired) electrons. The summed E-state index contributed by atoms with van der Waals surface area (Å²) in [4.78, 5) is 4.15. The first-order valence-corrected chi connectivity index (χ1v) is 9.69. The van der Waals surface area contributed by atoms with Crippen molar-refractivity contribution in [1.82, 2.24) is 4.90 Å². The largest absolute Gasteiger partial charge is 0.373 e. The van der Waals surface area contributed by atoms with Crippen molar-refractivity contribution in [2.24, 2.45) is 5.92 Å². The number of hydrogen-bond donors (Lipinski definition) is 0. The zero-order chi connectivity index (χ0) is 15.5. The lowest BCUT2D eigenvalue weighted by Gasteiger charge is -2.38. The van der Waals surface area contributed by atoms with Gasteiger partial charge in [-0.25, -0.2) is 0 Å². The molecule has 3 heterocycles. The van der Waals surface area contributed by atoms with E-state index in [1.165, 1.54) is 54.9 Å². The maximum Gasteiger partial charge on any atom is 0.0723 e. The van der Waals surface area contributed by atoms with Crippen LogP contribution in [-0.4, -0.2) is 30.6 Å². The second kappa shape index (κ2) is 7.16. The molecule has 1 aromatic carbocycles. The minimum absolute atomic E-state index is 0.435. The van der Waals surface area contributed by atoms with Crippen LogP contribution in [0.3, 0.4) is 0 Å². The fourth-order valence-electron chi connectivity index (χ4n) is 3.94. The lowest BCUT2D eigenvalue weighted by molar-refractivity contribution is -0.0281. The summed E-state index contributed by atoms with van der Waals surface area (Å²) in [6, 6.07) is 13.2. The Hall–Kier alpha value is -1.16. The minimum Gasteiger partial charge on any atom is -0.373 e. The highest BCUT2D eigenvalue weighted by atomic mass is 32.1. The van der Waals surface area contributed by atoms with E-state index in [1.807, 2.05) is 11.3 Å². The van der Waals surface area contributed by atoms with E-state index >= 15 is 0 Å². The first kappa shape index (κ1) is 15.4. The fourth-order valence-corrected chi connectivity index (χ4v) is 4.64. The van der Waals surface area contributed by atoms with Gasteiger partial charge in [-0.05, 0) is 67.3 Å². The Balaban J connectivity index is 1.27. The molecule has 0 saturated carbocycles. The van der Waals surface area contributed by atoms with E-state index < -0.39 is 0 Å². The number of piperidine rings is 1. The third kappa shape index (κ3) is 3.68. The second-order valence-corrected chi connectivity index (χ2v) is 7.86. The van der Waals surface area contributed by atoms with Gasteiger partial charge in [0, 0.05) is 11.4 Å². The van der Waals surface area contributed by atoms with Crippen LogP contribution in [0, 0.1) is 5.92 Å². The van der Waals surface area contributed by atoms with Gasteiger partial charge in [0.25, 0.3) is 0 Å². The molecular formula is C20H25NOS. The summed E-state index contributed by atoms with van der Waals surface area (Å²) in [5, 5.41) is 2.18. The SMILES string of the molecule is c1csc(CCN2CCC(C3Cc4ccccc4CO3)CC2)c1. The Bertz CT molecular complexity index is 616. The Morgan fingerprint density at radius 2 is 1.87 bits per heavy atom. The quantitative estimate of drug-likeness (QED) is 0.837. The van der Waals surface area contributed by atoms with E-state index in [2.05, 4.69) is 46.7 Å². The van der Waals surface area contributed by atoms with E-state index in [0.29, 0.717) is 6.10 Å². The van der Waals surface area contributed by atoms with Crippen molar-refractivity contribution < 1.29 is 4.74 Å². The van der Waals surface area contributed by atoms with Gasteiger partial charge >= 0.3 is 0 Å². The molecule has 0 spiro atoms. The van der Waals surface area contributed by atoms with Crippen LogP contribution in [0.5, 0.6) is 0 Å². The molecule has 0 aliphatic carbocycles. The summed E-state index contributed by atoms with van der Waals surface area (Å²) < 4.78 is 6.18. The van der Waals surface area contributed by atoms with E-state index in [0.717, 1.165) is 18.9 Å². The molecule has 0 bridgehead atoms. The van der Waals surface area contributed by atoms with Crippen molar-refractivity contribution in [2.45, 2.75) is 38.4 Å². The standard InChI is InChI=1S/C20H25NOS/c1-2-5-18-15-22-20(14-17(18)4-1)16-7-10-21(11-8-16)12-9-19-6-3-13-23-19/h1-6,13,16,20H,7-12,14-15H2. The van der Waals surface area contributed by atoms with Crippen molar-refractivity contribution in [3.05, 3.63) is 57.8 Å². The summed E-state index contributed by atoms with van der Waals surface area (Å²) in [6.45, 7) is 4.48. The van der Waals surface area contributed by atoms with Gasteiger partial charge < -0.3 is 9.64 Å². The van der Waals surface area contributed by atoms with Gasteiger partial charge in [-0.2, -0.15) is 0 Å². The van der Waals surface area contributed by atoms with Crippen LogP contribution in [0.4, 0.5) is 0 Å². The van der Waals surface area contributed by atoms with Crippen LogP contribution < -0.4 is 0 Å². The molecule has 1 saturated heterocycles. The van der Waals surface area contributed by atoms with Crippen LogP contribution in [0.15, 0.2) is 41.8 Å². The topological polar surface area (TPSA) is 12.5 Å². The molecule has 1 aromatic heterocycles. The minimum atomic E-state index is 0.435. The summed E-state index contributed by atoms with van der Waals surface area (Å²) in [6.07, 6.45) is 5.32. The molecule has 4 rings (SSSR count). The van der Waals surface area contributed by atoms with Crippen molar-refractivity contribution in [1.29, 1.82) is 0 Å². The summed E-state index contributed by atoms with van der Waals surface area (Å²) in [5.41, 5.74) is 2.89. The van der Waals surface area contributed by atoms with Crippen molar-refractivity contribution in [2.75, 3.05) is 19.6 Å². The van der Waals surface area contributed by atoms with Gasteiger partial charge in [0.15, 0.2) is 0 Å². The first-order chi connectivity index (χ1) is 11.4. The highest BCUT2D eigenvalue weighted by Crippen LogP contribution is 2.30. The van der Waals surface area contributed by atoms with Gasteiger partial charge in [-0.15, -0.1) is 11.3 Å². The smallest absolute Gasteiger partial charge is 0.0723 e. The molecule has 2 aliphatic heterocycles. The predicted octanol–water partition coefficient (Wildman–Crippen LogP) is 4.14. The molecule has 2 nitrogen and oxygen atoms in total. The van der Waals surface area contributed by atoms with Gasteiger partial charge in [-0.1, -0.05) is 30.3 Å². The average Bonchev–Trinajstić information content (AvgIpc) is 3.14. The number of benzene rings is 1. The molecule has 1 fully saturated rings. The second-order valence-electron chi connectivity index (χ2n) is 6.83. The Kier molecular flexibility index (Phi) is 4.79. The summed E-state index contributed by atoms with van der Waals surface area (Å²) in [7, 11) is 0. The predicted molar refractivity (Wildman–Crippen MR) is 95.9 cm³/mol. The number of likely N-dealkylation sites (tertiary alicyclic amines) is 1. The highest BCUT2D eigenvalue weighted by Gasteiger charge is 2.30. The maximum atomic E-state index is 6.18. The number of hydrogen-bond acceptors (Lipinski definition) is 3. The zero-order valence-electron chi connectivity index (χ0n) is 13.6. The molecular weight excluding hydrogens is 302 g/mol. The third-order valence-electron chi connectivity index (χ3n) is 5.40. The number of rotatable bonds is 4. The van der Waals surface area contributed by atoms with Gasteiger partial charge in [0.2, 0.25) is 0 Å². The molecule has 23 heavy (non-hydrogen) atoms. The molecule has 1 unspecified atom stereocenters. The summed E-state index contributed by atoms with van der Waals surface area (Å²) in [5.74, 6) is 0.737. The molecule has 0 amide bonds. The van der Waals surface area contributed by atoms with Gasteiger partial charge in [0.05, 0.1) is 12.7 Å². The Morgan fingerprint density at radius 3 is 2.65 bits per heavy atom. The zero-order valence-corrected chi connectivity index (χ0v) is 14.4. The van der Waals surface area contributed by atoms with Crippen molar-refractivity contribution >= 4 is 11.3 Å². The van der Waals surface area contributed by atoms with E-state index in [4.69, 9.17) is 4.74 Å². The third-order valence-corrected chi connectivity index (χ3v) is 6.34.